The molecule has 0 fully saturated rings. The minimum absolute atomic E-state index is 0.582. The van der Waals surface area contributed by atoms with Gasteiger partial charge in [0.25, 0.3) is 0 Å². The second kappa shape index (κ2) is 14.0. The summed E-state index contributed by atoms with van der Waals surface area (Å²) >= 11 is 0. The van der Waals surface area contributed by atoms with Crippen molar-refractivity contribution in [3.05, 3.63) is 131 Å². The monoisotopic (exact) mass is 660 g/mol. The number of hydrogen-bond acceptors (Lipinski definition) is 3. The van der Waals surface area contributed by atoms with Crippen molar-refractivity contribution in [2.24, 2.45) is 11.8 Å². The van der Waals surface area contributed by atoms with Gasteiger partial charge in [0, 0.05) is 34.7 Å². The first-order valence-electron chi connectivity index (χ1n) is 18.1. The van der Waals surface area contributed by atoms with Gasteiger partial charge in [-0.15, -0.1) is 0 Å². The van der Waals surface area contributed by atoms with Crippen molar-refractivity contribution in [3.8, 4) is 34.1 Å². The first-order chi connectivity index (χ1) is 24.2. The number of benzene rings is 4. The van der Waals surface area contributed by atoms with E-state index in [4.69, 9.17) is 14.8 Å². The van der Waals surface area contributed by atoms with Gasteiger partial charge < -0.3 is 4.74 Å². The largest absolute Gasteiger partial charge is 0.457 e. The summed E-state index contributed by atoms with van der Waals surface area (Å²) in [6, 6.07) is 34.1. The Hall–Kier alpha value is -5.16. The lowest BCUT2D eigenvalue weighted by atomic mass is 9.90. The Labute approximate surface area is 296 Å². The molecule has 0 aliphatic heterocycles. The van der Waals surface area contributed by atoms with Crippen LogP contribution in [0.15, 0.2) is 103 Å². The second-order valence-corrected chi connectivity index (χ2v) is 14.6. The van der Waals surface area contributed by atoms with E-state index in [1.165, 1.54) is 50.0 Å². The van der Waals surface area contributed by atoms with Gasteiger partial charge in [0.1, 0.15) is 17.3 Å². The van der Waals surface area contributed by atoms with Crippen LogP contribution >= 0.6 is 0 Å². The molecule has 7 rings (SSSR count). The maximum Gasteiger partial charge on any atom is 0.137 e. The summed E-state index contributed by atoms with van der Waals surface area (Å²) in [7, 11) is 0. The average molecular weight is 661 g/mol. The fourth-order valence-electron chi connectivity index (χ4n) is 7.19. The van der Waals surface area contributed by atoms with Crippen LogP contribution in [0.3, 0.4) is 0 Å². The van der Waals surface area contributed by atoms with Gasteiger partial charge in [-0.25, -0.2) is 9.67 Å². The van der Waals surface area contributed by atoms with Crippen LogP contribution in [0.5, 0.6) is 11.5 Å². The molecular formula is C45H48N4O. The molecule has 7 aromatic rings. The highest BCUT2D eigenvalue weighted by atomic mass is 16.5. The number of ether oxygens (including phenoxy) is 1. The number of rotatable bonds is 11. The highest BCUT2D eigenvalue weighted by Gasteiger charge is 2.23. The van der Waals surface area contributed by atoms with E-state index in [1.54, 1.807) is 0 Å². The molecule has 0 amide bonds. The fourth-order valence-corrected chi connectivity index (χ4v) is 7.19. The van der Waals surface area contributed by atoms with Gasteiger partial charge in [-0.2, -0.15) is 5.10 Å². The van der Waals surface area contributed by atoms with E-state index in [1.807, 2.05) is 18.3 Å². The molecule has 0 saturated carbocycles. The van der Waals surface area contributed by atoms with E-state index in [2.05, 4.69) is 143 Å². The first-order valence-corrected chi connectivity index (χ1v) is 18.1. The van der Waals surface area contributed by atoms with Crippen molar-refractivity contribution in [2.45, 2.75) is 74.1 Å². The van der Waals surface area contributed by atoms with Gasteiger partial charge in [-0.1, -0.05) is 70.2 Å². The Morgan fingerprint density at radius 2 is 1.34 bits per heavy atom. The molecule has 254 valence electrons. The molecular weight excluding hydrogens is 613 g/mol. The third-order valence-corrected chi connectivity index (χ3v) is 9.77. The summed E-state index contributed by atoms with van der Waals surface area (Å²) in [6.45, 7) is 15.8. The van der Waals surface area contributed by atoms with Crippen molar-refractivity contribution >= 4 is 21.8 Å². The van der Waals surface area contributed by atoms with Crippen LogP contribution in [0, 0.1) is 32.6 Å². The highest BCUT2D eigenvalue weighted by molar-refractivity contribution is 6.09. The molecule has 50 heavy (non-hydrogen) atoms. The Balaban J connectivity index is 1.32. The van der Waals surface area contributed by atoms with E-state index in [0.29, 0.717) is 11.8 Å². The summed E-state index contributed by atoms with van der Waals surface area (Å²) < 4.78 is 11.1. The fraction of sp³-hybridized carbons (Fsp3) is 0.289. The SMILES string of the molecule is Cc1ccnc(-n2c3ccccc3c3ccc(Oc4cccc(-n5nc(CCC(C)C)c(-c6c(C)cccc6C)c5CCC(C)C)c4)cc32)c1. The molecule has 0 aliphatic rings. The summed E-state index contributed by atoms with van der Waals surface area (Å²) in [5, 5.41) is 7.77. The smallest absolute Gasteiger partial charge is 0.137 e. The van der Waals surface area contributed by atoms with Crippen LogP contribution < -0.4 is 4.74 Å². The zero-order chi connectivity index (χ0) is 34.9. The standard InChI is InChI=1S/C45H48N4O/c1-29(2)18-22-39-45(44-32(6)12-10-13-33(44)7)41(23-19-30(3)4)49(47-39)34-14-11-15-35(27-34)50-36-20-21-38-37-16-8-9-17-40(37)48(42(38)28-36)43-26-31(5)24-25-46-43/h8-17,20-21,24-30H,18-19,22-23H2,1-7H3. The number of fused-ring (bicyclic) bond motifs is 3. The van der Waals surface area contributed by atoms with Gasteiger partial charge in [0.05, 0.1) is 28.1 Å². The summed E-state index contributed by atoms with van der Waals surface area (Å²) in [5.74, 6) is 3.63. The molecule has 5 nitrogen and oxygen atoms in total. The van der Waals surface area contributed by atoms with E-state index in [0.717, 1.165) is 59.7 Å². The van der Waals surface area contributed by atoms with Crippen LogP contribution in [0.4, 0.5) is 0 Å². The predicted molar refractivity (Wildman–Crippen MR) is 208 cm³/mol. The second-order valence-electron chi connectivity index (χ2n) is 14.6. The molecule has 0 atom stereocenters. The third kappa shape index (κ3) is 6.57. The normalized spacial score (nSPS) is 11.8. The molecule has 0 radical (unpaired) electrons. The molecule has 4 aromatic carbocycles. The zero-order valence-corrected chi connectivity index (χ0v) is 30.5. The quantitative estimate of drug-likeness (QED) is 0.139. The van der Waals surface area contributed by atoms with Gasteiger partial charge in [0.2, 0.25) is 0 Å². The molecule has 0 bridgehead atoms. The molecule has 5 heteroatoms. The Morgan fingerprint density at radius 1 is 0.640 bits per heavy atom. The Morgan fingerprint density at radius 3 is 2.10 bits per heavy atom. The zero-order valence-electron chi connectivity index (χ0n) is 30.5. The Kier molecular flexibility index (Phi) is 9.33. The van der Waals surface area contributed by atoms with E-state index in [9.17, 15) is 0 Å². The molecule has 3 aromatic heterocycles. The molecule has 3 heterocycles. The number of pyridine rings is 1. The lowest BCUT2D eigenvalue weighted by Crippen LogP contribution is -2.05. The topological polar surface area (TPSA) is 44.9 Å². The van der Waals surface area contributed by atoms with Crippen molar-refractivity contribution < 1.29 is 4.74 Å². The number of hydrogen-bond donors (Lipinski definition) is 0. The molecule has 0 N–H and O–H groups in total. The highest BCUT2D eigenvalue weighted by Crippen LogP contribution is 2.38. The molecule has 0 unspecified atom stereocenters. The minimum Gasteiger partial charge on any atom is -0.457 e. The van der Waals surface area contributed by atoms with Gasteiger partial charge in [-0.3, -0.25) is 4.57 Å². The summed E-state index contributed by atoms with van der Waals surface area (Å²) in [6.07, 6.45) is 5.96. The number of aromatic nitrogens is 4. The van der Waals surface area contributed by atoms with Gasteiger partial charge >= 0.3 is 0 Å². The predicted octanol–water partition coefficient (Wildman–Crippen LogP) is 11.9. The van der Waals surface area contributed by atoms with Crippen LogP contribution in [0.2, 0.25) is 0 Å². The van der Waals surface area contributed by atoms with Crippen molar-refractivity contribution in [3.63, 3.8) is 0 Å². The van der Waals surface area contributed by atoms with Crippen LogP contribution in [0.1, 0.15) is 68.6 Å². The van der Waals surface area contributed by atoms with E-state index < -0.39 is 0 Å². The van der Waals surface area contributed by atoms with Crippen LogP contribution in [0.25, 0.3) is 44.4 Å². The lowest BCUT2D eigenvalue weighted by molar-refractivity contribution is 0.482. The van der Waals surface area contributed by atoms with Gasteiger partial charge in [0.15, 0.2) is 0 Å². The van der Waals surface area contributed by atoms with Crippen LogP contribution in [-0.2, 0) is 12.8 Å². The molecule has 0 spiro atoms. The van der Waals surface area contributed by atoms with Crippen molar-refractivity contribution in [2.75, 3.05) is 0 Å². The number of aryl methyl sites for hydroxylation is 4. The van der Waals surface area contributed by atoms with Crippen molar-refractivity contribution in [1.29, 1.82) is 0 Å². The summed E-state index contributed by atoms with van der Waals surface area (Å²) in [5.41, 5.74) is 12.1. The maximum absolute atomic E-state index is 6.66. The lowest BCUT2D eigenvalue weighted by Gasteiger charge is -2.16. The van der Waals surface area contributed by atoms with Gasteiger partial charge in [-0.05, 0) is 123 Å². The Bertz CT molecular complexity index is 2280. The van der Waals surface area contributed by atoms with Crippen LogP contribution in [-0.4, -0.2) is 19.3 Å². The number of para-hydroxylation sites is 1. The summed E-state index contributed by atoms with van der Waals surface area (Å²) in [4.78, 5) is 4.75. The minimum atomic E-state index is 0.582. The van der Waals surface area contributed by atoms with E-state index >= 15 is 0 Å². The van der Waals surface area contributed by atoms with E-state index in [-0.39, 0.29) is 0 Å². The van der Waals surface area contributed by atoms with Crippen molar-refractivity contribution in [1.82, 2.24) is 19.3 Å². The third-order valence-electron chi connectivity index (χ3n) is 9.77. The molecule has 0 aliphatic carbocycles. The average Bonchev–Trinajstić information content (AvgIpc) is 3.61. The first kappa shape index (κ1) is 33.3. The number of nitrogens with zero attached hydrogens (tertiary/aromatic N) is 4. The maximum atomic E-state index is 6.66. The molecule has 0 saturated heterocycles.